The summed E-state index contributed by atoms with van der Waals surface area (Å²) < 4.78 is 5.54. The number of carbonyl (C=O) groups excluding carboxylic acids is 2. The lowest BCUT2D eigenvalue weighted by atomic mass is 9.75. The van der Waals surface area contributed by atoms with E-state index in [0.29, 0.717) is 18.0 Å². The zero-order valence-electron chi connectivity index (χ0n) is 16.0. The van der Waals surface area contributed by atoms with Gasteiger partial charge in [0.15, 0.2) is 0 Å². The van der Waals surface area contributed by atoms with Crippen LogP contribution in [0.3, 0.4) is 0 Å². The molecule has 1 aliphatic heterocycles. The number of aryl methyl sites for hydroxylation is 1. The molecule has 0 radical (unpaired) electrons. The SMILES string of the molecule is CCN(CC=O)C(=O)c1ccc2[nH]c3c(c2c1)CC(C1CCOCC1)CC3. The Balaban J connectivity index is 1.62. The van der Waals surface area contributed by atoms with Gasteiger partial charge in [-0.2, -0.15) is 0 Å². The van der Waals surface area contributed by atoms with Crippen LogP contribution < -0.4 is 0 Å². The Bertz CT molecular complexity index is 835. The highest BCUT2D eigenvalue weighted by atomic mass is 16.5. The Kier molecular flexibility index (Phi) is 5.30. The van der Waals surface area contributed by atoms with E-state index in [2.05, 4.69) is 4.98 Å². The predicted molar refractivity (Wildman–Crippen MR) is 105 cm³/mol. The van der Waals surface area contributed by atoms with Crippen molar-refractivity contribution in [1.82, 2.24) is 9.88 Å². The van der Waals surface area contributed by atoms with Crippen LogP contribution >= 0.6 is 0 Å². The van der Waals surface area contributed by atoms with Crippen molar-refractivity contribution in [1.29, 1.82) is 0 Å². The fraction of sp³-hybridized carbons (Fsp3) is 0.545. The number of nitrogens with zero attached hydrogens (tertiary/aromatic N) is 1. The second-order valence-corrected chi connectivity index (χ2v) is 7.81. The van der Waals surface area contributed by atoms with E-state index >= 15 is 0 Å². The summed E-state index contributed by atoms with van der Waals surface area (Å²) in [5, 5.41) is 1.18. The van der Waals surface area contributed by atoms with E-state index in [1.165, 1.54) is 35.9 Å². The quantitative estimate of drug-likeness (QED) is 0.823. The van der Waals surface area contributed by atoms with Gasteiger partial charge in [0.25, 0.3) is 5.91 Å². The molecule has 1 aromatic carbocycles. The molecule has 0 saturated carbocycles. The van der Waals surface area contributed by atoms with Crippen molar-refractivity contribution >= 4 is 23.1 Å². The molecule has 1 unspecified atom stereocenters. The number of fused-ring (bicyclic) bond motifs is 3. The Labute approximate surface area is 160 Å². The molecular weight excluding hydrogens is 340 g/mol. The van der Waals surface area contributed by atoms with Crippen molar-refractivity contribution in [3.63, 3.8) is 0 Å². The van der Waals surface area contributed by atoms with Crippen molar-refractivity contribution < 1.29 is 14.3 Å². The van der Waals surface area contributed by atoms with E-state index < -0.39 is 0 Å². The number of nitrogens with one attached hydrogen (secondary N) is 1. The molecule has 2 heterocycles. The molecule has 1 aliphatic carbocycles. The second-order valence-electron chi connectivity index (χ2n) is 7.81. The summed E-state index contributed by atoms with van der Waals surface area (Å²) in [6.45, 7) is 4.36. The normalized spacial score (nSPS) is 20.4. The van der Waals surface area contributed by atoms with Gasteiger partial charge in [0.05, 0.1) is 6.54 Å². The maximum Gasteiger partial charge on any atom is 0.254 e. The molecule has 2 aromatic rings. The first-order valence-electron chi connectivity index (χ1n) is 10.2. The summed E-state index contributed by atoms with van der Waals surface area (Å²) in [6.07, 6.45) is 6.54. The van der Waals surface area contributed by atoms with E-state index in [0.717, 1.165) is 43.8 Å². The Morgan fingerprint density at radius 2 is 2.07 bits per heavy atom. The Morgan fingerprint density at radius 3 is 2.81 bits per heavy atom. The molecule has 1 atom stereocenters. The topological polar surface area (TPSA) is 62.4 Å². The lowest BCUT2D eigenvalue weighted by molar-refractivity contribution is -0.108. The van der Waals surface area contributed by atoms with Gasteiger partial charge in [-0.1, -0.05) is 0 Å². The van der Waals surface area contributed by atoms with Gasteiger partial charge in [-0.25, -0.2) is 0 Å². The number of hydrogen-bond donors (Lipinski definition) is 1. The third-order valence-corrected chi connectivity index (χ3v) is 6.37. The smallest absolute Gasteiger partial charge is 0.254 e. The highest BCUT2D eigenvalue weighted by molar-refractivity contribution is 5.99. The summed E-state index contributed by atoms with van der Waals surface area (Å²) in [4.78, 5) is 28.8. The number of hydrogen-bond acceptors (Lipinski definition) is 3. The molecule has 2 aliphatic rings. The van der Waals surface area contributed by atoms with E-state index in [-0.39, 0.29) is 12.5 Å². The molecule has 144 valence electrons. The number of aromatic nitrogens is 1. The number of amides is 1. The predicted octanol–water partition coefficient (Wildman–Crippen LogP) is 3.36. The number of benzene rings is 1. The maximum atomic E-state index is 12.8. The summed E-state index contributed by atoms with van der Waals surface area (Å²) in [5.41, 5.74) is 4.50. The number of aldehydes is 1. The summed E-state index contributed by atoms with van der Waals surface area (Å²) in [6, 6.07) is 5.90. The molecule has 1 fully saturated rings. The average Bonchev–Trinajstić information content (AvgIpc) is 3.09. The van der Waals surface area contributed by atoms with Gasteiger partial charge in [0.2, 0.25) is 0 Å². The first-order valence-corrected chi connectivity index (χ1v) is 10.2. The van der Waals surface area contributed by atoms with Crippen LogP contribution in [0.15, 0.2) is 18.2 Å². The Hall–Kier alpha value is -2.14. The van der Waals surface area contributed by atoms with Crippen LogP contribution in [0, 0.1) is 11.8 Å². The maximum absolute atomic E-state index is 12.8. The van der Waals surface area contributed by atoms with Crippen molar-refractivity contribution in [3.05, 3.63) is 35.0 Å². The van der Waals surface area contributed by atoms with Crippen LogP contribution in [-0.2, 0) is 22.4 Å². The van der Waals surface area contributed by atoms with E-state index in [1.807, 2.05) is 25.1 Å². The number of ether oxygens (including phenoxy) is 1. The highest BCUT2D eigenvalue weighted by Crippen LogP contribution is 2.38. The lowest BCUT2D eigenvalue weighted by Crippen LogP contribution is -2.32. The first-order chi connectivity index (χ1) is 13.2. The molecule has 27 heavy (non-hydrogen) atoms. The molecule has 1 aromatic heterocycles. The first kappa shape index (κ1) is 18.2. The minimum absolute atomic E-state index is 0.0711. The molecule has 5 heteroatoms. The third kappa shape index (κ3) is 3.53. The minimum Gasteiger partial charge on any atom is -0.381 e. The molecule has 4 rings (SSSR count). The fourth-order valence-corrected chi connectivity index (χ4v) is 4.79. The number of rotatable bonds is 5. The average molecular weight is 368 g/mol. The molecule has 0 spiro atoms. The van der Waals surface area contributed by atoms with Crippen LogP contribution in [0.25, 0.3) is 10.9 Å². The van der Waals surface area contributed by atoms with E-state index in [9.17, 15) is 9.59 Å². The number of carbonyl (C=O) groups is 2. The van der Waals surface area contributed by atoms with E-state index in [4.69, 9.17) is 4.74 Å². The molecule has 1 amide bonds. The second kappa shape index (κ2) is 7.85. The fourth-order valence-electron chi connectivity index (χ4n) is 4.79. The van der Waals surface area contributed by atoms with Crippen LogP contribution in [0.2, 0.25) is 0 Å². The van der Waals surface area contributed by atoms with Crippen molar-refractivity contribution in [2.75, 3.05) is 26.3 Å². The van der Waals surface area contributed by atoms with Gasteiger partial charge in [0, 0.05) is 41.9 Å². The molecule has 0 bridgehead atoms. The molecular formula is C22H28N2O3. The van der Waals surface area contributed by atoms with Gasteiger partial charge in [-0.05, 0) is 74.6 Å². The standard InChI is InChI=1S/C22H28N2O3/c1-2-24(9-10-25)22(26)17-4-6-21-19(14-17)18-13-16(3-5-20(18)23-21)15-7-11-27-12-8-15/h4,6,10,14-16,23H,2-3,5,7-9,11-13H2,1H3. The number of likely N-dealkylation sites (N-methyl/N-ethyl adjacent to an activating group) is 1. The van der Waals surface area contributed by atoms with Crippen LogP contribution in [0.1, 0.15) is 47.8 Å². The van der Waals surface area contributed by atoms with Crippen molar-refractivity contribution in [2.24, 2.45) is 11.8 Å². The number of H-pyrrole nitrogens is 1. The van der Waals surface area contributed by atoms with Crippen molar-refractivity contribution in [2.45, 2.75) is 39.0 Å². The lowest BCUT2D eigenvalue weighted by Gasteiger charge is -2.33. The monoisotopic (exact) mass is 368 g/mol. The third-order valence-electron chi connectivity index (χ3n) is 6.37. The minimum atomic E-state index is -0.0711. The van der Waals surface area contributed by atoms with Crippen LogP contribution in [0.5, 0.6) is 0 Å². The Morgan fingerprint density at radius 1 is 1.26 bits per heavy atom. The van der Waals surface area contributed by atoms with Crippen molar-refractivity contribution in [3.8, 4) is 0 Å². The van der Waals surface area contributed by atoms with Gasteiger partial charge >= 0.3 is 0 Å². The molecule has 1 saturated heterocycles. The van der Waals surface area contributed by atoms with Gasteiger partial charge in [-0.15, -0.1) is 0 Å². The molecule has 1 N–H and O–H groups in total. The highest BCUT2D eigenvalue weighted by Gasteiger charge is 2.30. The number of aromatic amines is 1. The van der Waals surface area contributed by atoms with Crippen LogP contribution in [-0.4, -0.2) is 48.4 Å². The van der Waals surface area contributed by atoms with Gasteiger partial charge < -0.3 is 19.4 Å². The van der Waals surface area contributed by atoms with E-state index in [1.54, 1.807) is 4.90 Å². The summed E-state index contributed by atoms with van der Waals surface area (Å²) >= 11 is 0. The van der Waals surface area contributed by atoms with Gasteiger partial charge in [-0.3, -0.25) is 4.79 Å². The summed E-state index contributed by atoms with van der Waals surface area (Å²) in [7, 11) is 0. The van der Waals surface area contributed by atoms with Crippen LogP contribution in [0.4, 0.5) is 0 Å². The zero-order chi connectivity index (χ0) is 18.8. The summed E-state index contributed by atoms with van der Waals surface area (Å²) in [5.74, 6) is 1.39. The zero-order valence-corrected chi connectivity index (χ0v) is 16.0. The van der Waals surface area contributed by atoms with Gasteiger partial charge in [0.1, 0.15) is 6.29 Å². The largest absolute Gasteiger partial charge is 0.381 e. The molecule has 5 nitrogen and oxygen atoms in total.